The Labute approximate surface area is 151 Å². The third-order valence-corrected chi connectivity index (χ3v) is 7.46. The van der Waals surface area contributed by atoms with Gasteiger partial charge < -0.3 is 15.0 Å². The van der Waals surface area contributed by atoms with Crippen LogP contribution in [0.5, 0.6) is 0 Å². The summed E-state index contributed by atoms with van der Waals surface area (Å²) in [6, 6.07) is -0.0901. The van der Waals surface area contributed by atoms with Crippen molar-refractivity contribution in [1.29, 1.82) is 0 Å². The third kappa shape index (κ3) is 5.31. The molecule has 3 rings (SSSR count). The second-order valence-corrected chi connectivity index (χ2v) is 9.47. The number of ether oxygens (including phenoxy) is 1. The number of likely N-dealkylation sites (tertiary alicyclic amines) is 1. The van der Waals surface area contributed by atoms with Crippen molar-refractivity contribution in [2.24, 2.45) is 0 Å². The molecule has 0 unspecified atom stereocenters. The lowest BCUT2D eigenvalue weighted by Crippen LogP contribution is -2.48. The summed E-state index contributed by atoms with van der Waals surface area (Å²) in [6.45, 7) is 2.74. The van der Waals surface area contributed by atoms with E-state index in [1.807, 2.05) is 4.90 Å². The van der Waals surface area contributed by atoms with Crippen LogP contribution in [0.2, 0.25) is 0 Å². The number of urea groups is 1. The van der Waals surface area contributed by atoms with Crippen molar-refractivity contribution in [3.8, 4) is 0 Å². The molecule has 2 heterocycles. The van der Waals surface area contributed by atoms with Gasteiger partial charge in [-0.1, -0.05) is 19.3 Å². The fourth-order valence-electron chi connectivity index (χ4n) is 4.01. The highest BCUT2D eigenvalue weighted by molar-refractivity contribution is 7.89. The molecule has 0 aromatic carbocycles. The molecule has 0 bridgehead atoms. The highest BCUT2D eigenvalue weighted by atomic mass is 32.2. The Morgan fingerprint density at radius 1 is 0.960 bits per heavy atom. The highest BCUT2D eigenvalue weighted by Gasteiger charge is 2.29. The molecule has 0 aromatic rings. The standard InChI is InChI=1S/C17H31N3O4S/c21-17(18-9-13-20-10-4-14-25(20,22)23)19-11-7-16(8-12-19)24-15-5-2-1-3-6-15/h15-16H,1-14H2,(H,18,21). The first-order chi connectivity index (χ1) is 12.0. The second kappa shape index (κ2) is 8.68. The molecule has 1 N–H and O–H groups in total. The molecule has 0 atom stereocenters. The smallest absolute Gasteiger partial charge is 0.317 e. The van der Waals surface area contributed by atoms with Crippen molar-refractivity contribution in [2.75, 3.05) is 38.5 Å². The minimum atomic E-state index is -3.08. The number of piperidine rings is 1. The molecule has 2 amide bonds. The molecule has 3 aliphatic rings. The van der Waals surface area contributed by atoms with Gasteiger partial charge in [0.2, 0.25) is 10.0 Å². The molecule has 0 aromatic heterocycles. The van der Waals surface area contributed by atoms with Crippen molar-refractivity contribution in [1.82, 2.24) is 14.5 Å². The van der Waals surface area contributed by atoms with Gasteiger partial charge in [0.05, 0.1) is 18.0 Å². The van der Waals surface area contributed by atoms with Gasteiger partial charge in [-0.2, -0.15) is 0 Å². The van der Waals surface area contributed by atoms with E-state index in [1.165, 1.54) is 36.4 Å². The first-order valence-corrected chi connectivity index (χ1v) is 11.3. The van der Waals surface area contributed by atoms with Gasteiger partial charge in [0.15, 0.2) is 0 Å². The fraction of sp³-hybridized carbons (Fsp3) is 0.941. The normalized spacial score (nSPS) is 26.0. The fourth-order valence-corrected chi connectivity index (χ4v) is 5.54. The molecular formula is C17H31N3O4S. The van der Waals surface area contributed by atoms with Gasteiger partial charge in [0, 0.05) is 32.7 Å². The second-order valence-electron chi connectivity index (χ2n) is 7.38. The molecule has 144 valence electrons. The minimum absolute atomic E-state index is 0.0901. The van der Waals surface area contributed by atoms with Crippen LogP contribution < -0.4 is 5.32 Å². The molecule has 2 saturated heterocycles. The van der Waals surface area contributed by atoms with Gasteiger partial charge >= 0.3 is 6.03 Å². The molecule has 0 radical (unpaired) electrons. The number of hydrogen-bond acceptors (Lipinski definition) is 4. The van der Waals surface area contributed by atoms with Crippen molar-refractivity contribution >= 4 is 16.1 Å². The molecule has 0 spiro atoms. The Morgan fingerprint density at radius 3 is 2.28 bits per heavy atom. The lowest BCUT2D eigenvalue weighted by molar-refractivity contribution is -0.0514. The quantitative estimate of drug-likeness (QED) is 0.793. The van der Waals surface area contributed by atoms with Gasteiger partial charge in [0.1, 0.15) is 0 Å². The summed E-state index contributed by atoms with van der Waals surface area (Å²) < 4.78 is 31.1. The predicted octanol–water partition coefficient (Wildman–Crippen LogP) is 1.55. The topological polar surface area (TPSA) is 79.0 Å². The maximum atomic E-state index is 12.2. The summed E-state index contributed by atoms with van der Waals surface area (Å²) in [6.07, 6.45) is 9.41. The summed E-state index contributed by atoms with van der Waals surface area (Å²) in [5, 5.41) is 2.85. The molecule has 1 saturated carbocycles. The molecule has 25 heavy (non-hydrogen) atoms. The number of sulfonamides is 1. The van der Waals surface area contributed by atoms with Crippen LogP contribution >= 0.6 is 0 Å². The zero-order chi connectivity index (χ0) is 17.7. The first-order valence-electron chi connectivity index (χ1n) is 9.71. The summed E-state index contributed by atoms with van der Waals surface area (Å²) in [5.41, 5.74) is 0. The van der Waals surface area contributed by atoms with Crippen molar-refractivity contribution in [2.45, 2.75) is 63.6 Å². The van der Waals surface area contributed by atoms with E-state index >= 15 is 0 Å². The summed E-state index contributed by atoms with van der Waals surface area (Å²) in [4.78, 5) is 14.1. The maximum Gasteiger partial charge on any atom is 0.317 e. The van der Waals surface area contributed by atoms with Crippen molar-refractivity contribution in [3.63, 3.8) is 0 Å². The van der Waals surface area contributed by atoms with E-state index in [1.54, 1.807) is 0 Å². The van der Waals surface area contributed by atoms with Gasteiger partial charge in [0.25, 0.3) is 0 Å². The van der Waals surface area contributed by atoms with Crippen LogP contribution in [0.1, 0.15) is 51.4 Å². The summed E-state index contributed by atoms with van der Waals surface area (Å²) in [7, 11) is -3.08. The van der Waals surface area contributed by atoms with Crippen LogP contribution in [0.3, 0.4) is 0 Å². The van der Waals surface area contributed by atoms with Crippen molar-refractivity contribution in [3.05, 3.63) is 0 Å². The Balaban J connectivity index is 1.32. The molecule has 1 aliphatic carbocycles. The molecule has 2 aliphatic heterocycles. The van der Waals surface area contributed by atoms with E-state index < -0.39 is 10.0 Å². The average molecular weight is 374 g/mol. The van der Waals surface area contributed by atoms with Crippen LogP contribution in [0.25, 0.3) is 0 Å². The van der Waals surface area contributed by atoms with E-state index in [2.05, 4.69) is 5.32 Å². The van der Waals surface area contributed by atoms with Gasteiger partial charge in [-0.3, -0.25) is 0 Å². The summed E-state index contributed by atoms with van der Waals surface area (Å²) >= 11 is 0. The maximum absolute atomic E-state index is 12.2. The Bertz CT molecular complexity index is 540. The predicted molar refractivity (Wildman–Crippen MR) is 95.9 cm³/mol. The Morgan fingerprint density at radius 2 is 1.64 bits per heavy atom. The number of rotatable bonds is 5. The number of nitrogens with zero attached hydrogens (tertiary/aromatic N) is 2. The third-order valence-electron chi connectivity index (χ3n) is 5.51. The number of carbonyl (C=O) groups is 1. The SMILES string of the molecule is O=C(NCCN1CCCS1(=O)=O)N1CCC(OC2CCCCC2)CC1. The van der Waals surface area contributed by atoms with Crippen LogP contribution in [-0.4, -0.2) is 74.3 Å². The Hall–Kier alpha value is -0.860. The Kier molecular flexibility index (Phi) is 6.57. The van der Waals surface area contributed by atoms with Gasteiger partial charge in [-0.05, 0) is 32.1 Å². The number of carbonyl (C=O) groups excluding carboxylic acids is 1. The largest absolute Gasteiger partial charge is 0.375 e. The number of amides is 2. The zero-order valence-corrected chi connectivity index (χ0v) is 15.8. The van der Waals surface area contributed by atoms with Gasteiger partial charge in [-0.15, -0.1) is 0 Å². The van der Waals surface area contributed by atoms with E-state index in [0.29, 0.717) is 45.2 Å². The minimum Gasteiger partial charge on any atom is -0.375 e. The van der Waals surface area contributed by atoms with E-state index in [9.17, 15) is 13.2 Å². The number of nitrogens with one attached hydrogen (secondary N) is 1. The van der Waals surface area contributed by atoms with E-state index in [0.717, 1.165) is 12.8 Å². The van der Waals surface area contributed by atoms with E-state index in [-0.39, 0.29) is 17.9 Å². The molecular weight excluding hydrogens is 342 g/mol. The highest BCUT2D eigenvalue weighted by Crippen LogP contribution is 2.24. The number of hydrogen-bond donors (Lipinski definition) is 1. The van der Waals surface area contributed by atoms with Gasteiger partial charge in [-0.25, -0.2) is 17.5 Å². The van der Waals surface area contributed by atoms with Crippen molar-refractivity contribution < 1.29 is 17.9 Å². The van der Waals surface area contributed by atoms with Crippen LogP contribution in [0, 0.1) is 0 Å². The van der Waals surface area contributed by atoms with Crippen LogP contribution in [0.15, 0.2) is 0 Å². The zero-order valence-electron chi connectivity index (χ0n) is 15.0. The molecule has 3 fully saturated rings. The van der Waals surface area contributed by atoms with Crippen LogP contribution in [-0.2, 0) is 14.8 Å². The lowest BCUT2D eigenvalue weighted by atomic mass is 9.97. The van der Waals surface area contributed by atoms with E-state index in [4.69, 9.17) is 4.74 Å². The summed E-state index contributed by atoms with van der Waals surface area (Å²) in [5.74, 6) is 0.232. The first kappa shape index (κ1) is 18.9. The monoisotopic (exact) mass is 373 g/mol. The molecule has 7 nitrogen and oxygen atoms in total. The molecule has 8 heteroatoms. The van der Waals surface area contributed by atoms with Crippen LogP contribution in [0.4, 0.5) is 4.79 Å². The average Bonchev–Trinajstić information content (AvgIpc) is 2.95. The lowest BCUT2D eigenvalue weighted by Gasteiger charge is -2.35.